The third-order valence-corrected chi connectivity index (χ3v) is 18.7. The first-order valence-electron chi connectivity index (χ1n) is 32.2. The summed E-state index contributed by atoms with van der Waals surface area (Å²) in [6.07, 6.45) is -24.5. The fourth-order valence-electron chi connectivity index (χ4n) is 12.8. The van der Waals surface area contributed by atoms with Gasteiger partial charge in [0, 0.05) is 78.6 Å². The molecule has 7 saturated heterocycles. The van der Waals surface area contributed by atoms with E-state index in [1.165, 1.54) is 54.2 Å². The zero-order valence-corrected chi connectivity index (χ0v) is 58.1. The monoisotopic (exact) mass is 1620 g/mol. The molecule has 0 spiro atoms. The highest BCUT2D eigenvalue weighted by atomic mass is 79.9. The van der Waals surface area contributed by atoms with E-state index in [1.54, 1.807) is 38.2 Å². The van der Waals surface area contributed by atoms with Gasteiger partial charge in [-0.2, -0.15) is 52.7 Å². The molecule has 20 nitrogen and oxygen atoms in total. The van der Waals surface area contributed by atoms with E-state index < -0.39 is 182 Å². The van der Waals surface area contributed by atoms with Gasteiger partial charge in [0.25, 0.3) is 17.8 Å². The molecule has 7 amide bonds. The Morgan fingerprint density at radius 2 is 0.907 bits per heavy atom. The number of carbonyl (C=O) groups is 6. The van der Waals surface area contributed by atoms with E-state index in [1.807, 2.05) is 0 Å². The molecule has 13 rings (SSSR count). The van der Waals surface area contributed by atoms with Crippen LogP contribution in [-0.2, 0) is 50.2 Å². The number of imide groups is 2. The summed E-state index contributed by atoms with van der Waals surface area (Å²) in [5.74, 6) is -8.95. The van der Waals surface area contributed by atoms with Crippen LogP contribution in [0.2, 0.25) is 0 Å². The van der Waals surface area contributed by atoms with Gasteiger partial charge in [0.2, 0.25) is 0 Å². The molecule has 5 aromatic carbocycles. The highest BCUT2D eigenvalue weighted by Gasteiger charge is 2.49. The predicted molar refractivity (Wildman–Crippen MR) is 347 cm³/mol. The molecule has 8 atom stereocenters. The molecule has 107 heavy (non-hydrogen) atoms. The zero-order chi connectivity index (χ0) is 78.6. The van der Waals surface area contributed by atoms with Crippen molar-refractivity contribution in [2.75, 3.05) is 54.0 Å². The third-order valence-electron chi connectivity index (χ3n) is 18.0. The van der Waals surface area contributed by atoms with Crippen molar-refractivity contribution in [1.82, 2.24) is 35.7 Å². The molecule has 0 aliphatic carbocycles. The Kier molecular flexibility index (Phi) is 22.7. The molecular weight excluding hydrogens is 1560 g/mol. The molecule has 3 N–H and O–H groups in total. The van der Waals surface area contributed by atoms with Gasteiger partial charge in [-0.15, -0.1) is 0 Å². The van der Waals surface area contributed by atoms with Crippen LogP contribution >= 0.6 is 27.5 Å². The summed E-state index contributed by atoms with van der Waals surface area (Å²) in [6, 6.07) is 14.0. The van der Waals surface area contributed by atoms with Crippen molar-refractivity contribution < 1.29 is 127 Å². The number of alkyl carbamates (subject to hydrolysis) is 2. The molecule has 0 unspecified atom stereocenters. The number of carbonyl (C=O) groups excluding carboxylic acids is 6. The fourth-order valence-corrected chi connectivity index (χ4v) is 13.5. The summed E-state index contributed by atoms with van der Waals surface area (Å²) in [7, 11) is 0. The van der Waals surface area contributed by atoms with Crippen LogP contribution in [0.4, 0.5) is 125 Å². The highest BCUT2D eigenvalue weighted by Crippen LogP contribution is 2.46. The van der Waals surface area contributed by atoms with Crippen LogP contribution in [0.25, 0.3) is 10.9 Å². The van der Waals surface area contributed by atoms with Gasteiger partial charge in [0.1, 0.15) is 30.7 Å². The lowest BCUT2D eigenvalue weighted by atomic mass is 9.99. The first-order valence-corrected chi connectivity index (χ1v) is 33.3. The number of ether oxygens (including phenoxy) is 4. The summed E-state index contributed by atoms with van der Waals surface area (Å²) in [6.45, 7) is 3.80. The summed E-state index contributed by atoms with van der Waals surface area (Å²) in [5, 5.41) is 7.19. The Morgan fingerprint density at radius 1 is 0.533 bits per heavy atom. The van der Waals surface area contributed by atoms with Crippen molar-refractivity contribution in [2.45, 2.75) is 145 Å². The van der Waals surface area contributed by atoms with Crippen LogP contribution in [0.15, 0.2) is 108 Å². The second-order valence-electron chi connectivity index (χ2n) is 25.9. The molecule has 7 aliphatic heterocycles. The van der Waals surface area contributed by atoms with Crippen molar-refractivity contribution in [2.24, 2.45) is 0 Å². The molecule has 578 valence electrons. The van der Waals surface area contributed by atoms with Crippen LogP contribution in [0.3, 0.4) is 0 Å². The SMILES string of the molecule is C[C@@H]1NC(=O)O[C@@H]1c1cc(Br)cc(C(F)(F)F)c1.C[C@@H]1NC(=O)O[C@@H]1c1cc(N2CCC(F)(F)C2)cc(C(F)(F)F)c1.C[C@H]1[C@@H](c2cc(N3CCC(F)(F)C3)cc(C(F)(F)F)c2)OC(=O)N1C(=O)Cl.C[C@H]1[C@@H](c2cc(N3CCC(F)(F)C3)cc(C(F)(F)F)c2)OC(=O)N1C(=O)NCc1cccc2cncnc12. The van der Waals surface area contributed by atoms with Gasteiger partial charge < -0.3 is 49.6 Å². The van der Waals surface area contributed by atoms with Gasteiger partial charge in [-0.25, -0.2) is 70.1 Å². The van der Waals surface area contributed by atoms with Crippen molar-refractivity contribution >= 4 is 91.3 Å². The van der Waals surface area contributed by atoms with Crippen LogP contribution in [0, 0.1) is 0 Å². The lowest BCUT2D eigenvalue weighted by Gasteiger charge is -2.24. The number of nitrogens with zero attached hydrogens (tertiary/aromatic N) is 7. The molecule has 0 saturated carbocycles. The normalized spacial score (nSPS) is 23.8. The van der Waals surface area contributed by atoms with Gasteiger partial charge in [0.05, 0.1) is 71.6 Å². The number of amides is 7. The molecule has 0 bridgehead atoms. The topological polar surface area (TPSA) is 217 Å². The zero-order valence-electron chi connectivity index (χ0n) is 55.8. The molecule has 1 aromatic heterocycles. The van der Waals surface area contributed by atoms with Gasteiger partial charge in [-0.05, 0) is 140 Å². The Labute approximate surface area is 608 Å². The standard InChI is InChI=1S/C25H22F5N5O3.C16H14ClF5N2O3.C15H15F5N2O2.C11H9BrF3NO2/c1-14-21(17-7-18(25(28,29)30)9-19(8-17)34-6-5-24(26,27)12-34)38-23(37)35(14)22(36)32-11-16-4-2-3-15-10-31-13-33-20(15)16;1-8-12(27-14(26)24(8)13(17)25)9-4-10(16(20,21)22)6-11(5-9)23-3-2-15(18,19)7-23;1-8-12(24-13(23)21-8)9-4-10(15(18,19)20)6-11(5-9)22-3-2-14(16,17)7-22;1-5-9(18-10(17)16-5)6-2-7(11(13,14)15)4-8(12)3-6/h2-4,7-10,13-14,21H,5-6,11-12H2,1H3,(H,32,36);4-6,8,12H,2-3,7H2,1H3;4-6,8,12H,2-3,7H2,1H3,(H,21,23);2-5,9H,1H3,(H,16,17)/t14-,21-;2*8-,12-;5-,9-/m0000/s1. The van der Waals surface area contributed by atoms with Crippen molar-refractivity contribution in [3.8, 4) is 0 Å². The summed E-state index contributed by atoms with van der Waals surface area (Å²) in [5.41, 5.74) is -2.33. The number of fused-ring (bicyclic) bond motifs is 1. The molecule has 0 radical (unpaired) electrons. The second kappa shape index (κ2) is 30.3. The summed E-state index contributed by atoms with van der Waals surface area (Å²) >= 11 is 8.34. The van der Waals surface area contributed by atoms with Gasteiger partial charge in [-0.1, -0.05) is 34.1 Å². The average molecular weight is 1620 g/mol. The van der Waals surface area contributed by atoms with E-state index in [9.17, 15) is 108 Å². The van der Waals surface area contributed by atoms with E-state index in [4.69, 9.17) is 30.5 Å². The molecular formula is C67H60BrClF18N10O10. The third kappa shape index (κ3) is 18.9. The van der Waals surface area contributed by atoms with Gasteiger partial charge in [-0.3, -0.25) is 4.79 Å². The molecule has 7 aliphatic rings. The molecule has 8 heterocycles. The van der Waals surface area contributed by atoms with Gasteiger partial charge >= 0.3 is 60.5 Å². The van der Waals surface area contributed by atoms with Crippen LogP contribution < -0.4 is 30.7 Å². The maximum absolute atomic E-state index is 13.8. The number of halogens is 20. The number of benzene rings is 5. The number of nitrogens with one attached hydrogen (secondary N) is 3. The fraction of sp³-hybridized carbons (Fsp3) is 0.433. The van der Waals surface area contributed by atoms with E-state index in [0.29, 0.717) is 26.0 Å². The molecule has 40 heteroatoms. The number of aromatic nitrogens is 2. The number of hydrogen-bond donors (Lipinski definition) is 3. The number of urea groups is 1. The van der Waals surface area contributed by atoms with E-state index in [0.717, 1.165) is 63.7 Å². The Hall–Kier alpha value is -9.43. The molecule has 6 aromatic rings. The summed E-state index contributed by atoms with van der Waals surface area (Å²) in [4.78, 5) is 84.1. The smallest absolute Gasteiger partial charge is 0.419 e. The predicted octanol–water partition coefficient (Wildman–Crippen LogP) is 17.4. The summed E-state index contributed by atoms with van der Waals surface area (Å²) < 4.78 is 260. The van der Waals surface area contributed by atoms with Crippen molar-refractivity contribution in [3.05, 3.63) is 158 Å². The molecule has 7 fully saturated rings. The van der Waals surface area contributed by atoms with Crippen molar-refractivity contribution in [1.29, 1.82) is 0 Å². The number of rotatable bonds is 9. The number of anilines is 3. The Balaban J connectivity index is 0.000000158. The Morgan fingerprint density at radius 3 is 1.26 bits per heavy atom. The van der Waals surface area contributed by atoms with Crippen LogP contribution in [0.1, 0.15) is 121 Å². The minimum absolute atomic E-state index is 0.0191. The number of para-hydroxylation sites is 1. The van der Waals surface area contributed by atoms with E-state index in [-0.39, 0.29) is 66.0 Å². The number of hydrogen-bond acceptors (Lipinski definition) is 15. The number of alkyl halides is 18. The first kappa shape index (κ1) is 80.1. The second-order valence-corrected chi connectivity index (χ2v) is 27.2. The van der Waals surface area contributed by atoms with Gasteiger partial charge in [0.15, 0.2) is 0 Å². The minimum atomic E-state index is -4.77. The first-order chi connectivity index (χ1) is 49.6. The van der Waals surface area contributed by atoms with E-state index in [2.05, 4.69) is 41.8 Å². The largest absolute Gasteiger partial charge is 0.439 e. The van der Waals surface area contributed by atoms with Crippen LogP contribution in [0.5, 0.6) is 0 Å². The van der Waals surface area contributed by atoms with E-state index >= 15 is 0 Å². The number of cyclic esters (lactones) is 4. The van der Waals surface area contributed by atoms with Crippen molar-refractivity contribution in [3.63, 3.8) is 0 Å². The Bertz CT molecular complexity index is 4380. The highest BCUT2D eigenvalue weighted by molar-refractivity contribution is 9.10. The maximum Gasteiger partial charge on any atom is 0.419 e. The minimum Gasteiger partial charge on any atom is -0.439 e. The lowest BCUT2D eigenvalue weighted by Crippen LogP contribution is -2.44. The quantitative estimate of drug-likeness (QED) is 0.0531. The average Bonchev–Trinajstić information content (AvgIpc) is 1.67. The maximum atomic E-state index is 13.8. The lowest BCUT2D eigenvalue weighted by molar-refractivity contribution is -0.138. The van der Waals surface area contributed by atoms with Crippen LogP contribution in [-0.4, -0.2) is 137 Å².